The molecule has 1 atom stereocenters. The summed E-state index contributed by atoms with van der Waals surface area (Å²) in [6, 6.07) is 12.3. The summed E-state index contributed by atoms with van der Waals surface area (Å²) in [4.78, 5) is 19.8. The maximum absolute atomic E-state index is 12.9. The van der Waals surface area contributed by atoms with Crippen LogP contribution in [-0.2, 0) is 18.3 Å². The summed E-state index contributed by atoms with van der Waals surface area (Å²) in [7, 11) is 1.98. The van der Waals surface area contributed by atoms with Crippen molar-refractivity contribution in [1.82, 2.24) is 9.88 Å². The van der Waals surface area contributed by atoms with E-state index in [1.54, 1.807) is 0 Å². The summed E-state index contributed by atoms with van der Waals surface area (Å²) in [5.41, 5.74) is 5.72. The van der Waals surface area contributed by atoms with Crippen molar-refractivity contribution in [1.29, 1.82) is 0 Å². The highest BCUT2D eigenvalue weighted by Gasteiger charge is 2.34. The highest BCUT2D eigenvalue weighted by Crippen LogP contribution is 2.43. The van der Waals surface area contributed by atoms with E-state index >= 15 is 0 Å². The number of aromatic nitrogens is 2. The lowest BCUT2D eigenvalue weighted by Gasteiger charge is -2.37. The third kappa shape index (κ3) is 4.75. The predicted octanol–water partition coefficient (Wildman–Crippen LogP) is 5.42. The van der Waals surface area contributed by atoms with Gasteiger partial charge in [0.1, 0.15) is 7.05 Å². The number of hydrogen-bond acceptors (Lipinski definition) is 2. The molecule has 1 fully saturated rings. The molecule has 4 nitrogen and oxygen atoms in total. The SMILES string of the molecule is C[n+]1ccc(CC(=O)N2CCC([C@H]3c4ccc(Cl)cc4C=Cc4cc(Br)cnc43)CC2)cc1. The summed E-state index contributed by atoms with van der Waals surface area (Å²) >= 11 is 9.90. The number of rotatable bonds is 3. The van der Waals surface area contributed by atoms with E-state index in [1.807, 2.05) is 59.4 Å². The van der Waals surface area contributed by atoms with Crippen LogP contribution in [-0.4, -0.2) is 28.9 Å². The van der Waals surface area contributed by atoms with Gasteiger partial charge in [0.25, 0.3) is 0 Å². The number of amides is 1. The number of pyridine rings is 2. The normalized spacial score (nSPS) is 17.9. The molecule has 1 aliphatic heterocycles. The maximum atomic E-state index is 12.9. The molecule has 1 aromatic carbocycles. The van der Waals surface area contributed by atoms with E-state index in [1.165, 1.54) is 5.56 Å². The molecule has 1 amide bonds. The fourth-order valence-corrected chi connectivity index (χ4v) is 5.58. The van der Waals surface area contributed by atoms with Crippen LogP contribution in [0.5, 0.6) is 0 Å². The molecule has 1 saturated heterocycles. The van der Waals surface area contributed by atoms with Crippen LogP contribution in [0, 0.1) is 5.92 Å². The van der Waals surface area contributed by atoms with Gasteiger partial charge in [0, 0.05) is 46.8 Å². The number of fused-ring (bicyclic) bond motifs is 2. The highest BCUT2D eigenvalue weighted by atomic mass is 79.9. The minimum absolute atomic E-state index is 0.182. The monoisotopic (exact) mass is 522 g/mol. The molecule has 3 aromatic rings. The van der Waals surface area contributed by atoms with E-state index in [-0.39, 0.29) is 11.8 Å². The number of carbonyl (C=O) groups is 1. The van der Waals surface area contributed by atoms with Gasteiger partial charge >= 0.3 is 0 Å². The van der Waals surface area contributed by atoms with E-state index in [0.29, 0.717) is 12.3 Å². The Labute approximate surface area is 208 Å². The molecule has 0 spiro atoms. The van der Waals surface area contributed by atoms with Crippen molar-refractivity contribution in [3.8, 4) is 0 Å². The van der Waals surface area contributed by atoms with E-state index in [4.69, 9.17) is 16.6 Å². The molecule has 168 valence electrons. The van der Waals surface area contributed by atoms with E-state index < -0.39 is 0 Å². The quantitative estimate of drug-likeness (QED) is 0.430. The van der Waals surface area contributed by atoms with Gasteiger partial charge in [-0.05, 0) is 75.1 Å². The molecule has 2 aromatic heterocycles. The molecule has 3 heterocycles. The second-order valence-electron chi connectivity index (χ2n) is 8.98. The minimum atomic E-state index is 0.182. The molecular formula is C27H26BrClN3O+. The van der Waals surface area contributed by atoms with Crippen molar-refractivity contribution < 1.29 is 9.36 Å². The molecule has 0 saturated carbocycles. The average Bonchev–Trinajstić information content (AvgIpc) is 2.97. The molecule has 0 radical (unpaired) electrons. The standard InChI is InChI=1S/C27H26BrClN3O/c1-31-10-6-18(7-11-31)14-25(33)32-12-8-19(9-13-32)26-24-5-4-23(29)16-20(24)2-3-21-15-22(28)17-30-27(21)26/h2-7,10-11,15-17,19,26H,8-9,12-14H2,1H3/q+1/t26-/m0/s1. The van der Waals surface area contributed by atoms with Crippen LogP contribution in [0.4, 0.5) is 0 Å². The first-order valence-electron chi connectivity index (χ1n) is 11.3. The number of hydrogen-bond donors (Lipinski definition) is 0. The Morgan fingerprint density at radius 2 is 1.85 bits per heavy atom. The summed E-state index contributed by atoms with van der Waals surface area (Å²) in [6.07, 6.45) is 12.5. The highest BCUT2D eigenvalue weighted by molar-refractivity contribution is 9.10. The zero-order valence-corrected chi connectivity index (χ0v) is 20.9. The molecule has 2 aliphatic rings. The van der Waals surface area contributed by atoms with Gasteiger partial charge in [0.2, 0.25) is 5.91 Å². The topological polar surface area (TPSA) is 37.1 Å². The molecule has 5 rings (SSSR count). The van der Waals surface area contributed by atoms with Crippen molar-refractivity contribution in [2.24, 2.45) is 13.0 Å². The van der Waals surface area contributed by atoms with Crippen LogP contribution in [0.3, 0.4) is 0 Å². The number of nitrogens with zero attached hydrogens (tertiary/aromatic N) is 3. The first kappa shape index (κ1) is 22.3. The summed E-state index contributed by atoms with van der Waals surface area (Å²) in [5.74, 6) is 0.804. The van der Waals surface area contributed by atoms with Crippen molar-refractivity contribution in [2.75, 3.05) is 13.1 Å². The summed E-state index contributed by atoms with van der Waals surface area (Å²) in [6.45, 7) is 1.56. The molecule has 33 heavy (non-hydrogen) atoms. The third-order valence-electron chi connectivity index (χ3n) is 6.80. The number of halogens is 2. The van der Waals surface area contributed by atoms with Gasteiger partial charge in [0.05, 0.1) is 12.1 Å². The Bertz CT molecular complexity index is 1160. The van der Waals surface area contributed by atoms with Crippen LogP contribution in [0.1, 0.15) is 46.7 Å². The number of aryl methyl sites for hydroxylation is 1. The molecule has 1 aliphatic carbocycles. The van der Waals surface area contributed by atoms with Gasteiger partial charge in [0.15, 0.2) is 12.4 Å². The van der Waals surface area contributed by atoms with Crippen LogP contribution in [0.2, 0.25) is 5.02 Å². The van der Waals surface area contributed by atoms with Gasteiger partial charge in [-0.3, -0.25) is 9.78 Å². The Kier molecular flexibility index (Phi) is 6.35. The Morgan fingerprint density at radius 3 is 2.61 bits per heavy atom. The Morgan fingerprint density at radius 1 is 1.12 bits per heavy atom. The van der Waals surface area contributed by atoms with Gasteiger partial charge in [-0.1, -0.05) is 29.8 Å². The molecule has 6 heteroatoms. The largest absolute Gasteiger partial charge is 0.342 e. The van der Waals surface area contributed by atoms with Gasteiger partial charge in [-0.15, -0.1) is 0 Å². The van der Waals surface area contributed by atoms with Crippen molar-refractivity contribution >= 4 is 45.6 Å². The number of benzene rings is 1. The van der Waals surface area contributed by atoms with Gasteiger partial charge in [-0.2, -0.15) is 0 Å². The smallest absolute Gasteiger partial charge is 0.226 e. The molecule has 0 unspecified atom stereocenters. The van der Waals surface area contributed by atoms with Crippen LogP contribution >= 0.6 is 27.5 Å². The van der Waals surface area contributed by atoms with Gasteiger partial charge < -0.3 is 4.90 Å². The lowest BCUT2D eigenvalue weighted by Crippen LogP contribution is -2.41. The van der Waals surface area contributed by atoms with Crippen molar-refractivity contribution in [2.45, 2.75) is 25.2 Å². The predicted molar refractivity (Wildman–Crippen MR) is 135 cm³/mol. The first-order chi connectivity index (χ1) is 16.0. The Hall–Kier alpha value is -2.50. The second kappa shape index (κ2) is 9.40. The molecular weight excluding hydrogens is 498 g/mol. The van der Waals surface area contributed by atoms with E-state index in [0.717, 1.165) is 57.8 Å². The second-order valence-corrected chi connectivity index (χ2v) is 10.3. The fraction of sp³-hybridized carbons (Fsp3) is 0.296. The fourth-order valence-electron chi connectivity index (χ4n) is 5.05. The zero-order valence-electron chi connectivity index (χ0n) is 18.5. The molecule has 0 N–H and O–H groups in total. The van der Waals surface area contributed by atoms with Crippen LogP contribution in [0.25, 0.3) is 12.2 Å². The van der Waals surface area contributed by atoms with Crippen LogP contribution < -0.4 is 4.57 Å². The number of piperidine rings is 1. The first-order valence-corrected chi connectivity index (χ1v) is 12.5. The van der Waals surface area contributed by atoms with E-state index in [2.05, 4.69) is 40.2 Å². The van der Waals surface area contributed by atoms with Crippen LogP contribution in [0.15, 0.2) is 59.5 Å². The average molecular weight is 524 g/mol. The van der Waals surface area contributed by atoms with Crippen molar-refractivity contribution in [3.63, 3.8) is 0 Å². The number of likely N-dealkylation sites (tertiary alicyclic amines) is 1. The maximum Gasteiger partial charge on any atom is 0.226 e. The van der Waals surface area contributed by atoms with Gasteiger partial charge in [-0.25, -0.2) is 4.57 Å². The summed E-state index contributed by atoms with van der Waals surface area (Å²) in [5, 5.41) is 0.743. The lowest BCUT2D eigenvalue weighted by atomic mass is 9.76. The third-order valence-corrected chi connectivity index (χ3v) is 7.47. The minimum Gasteiger partial charge on any atom is -0.342 e. The van der Waals surface area contributed by atoms with Crippen molar-refractivity contribution in [3.05, 3.63) is 92.4 Å². The zero-order chi connectivity index (χ0) is 22.9. The number of carbonyl (C=O) groups excluding carboxylic acids is 1. The van der Waals surface area contributed by atoms with E-state index in [9.17, 15) is 4.79 Å². The molecule has 0 bridgehead atoms. The summed E-state index contributed by atoms with van der Waals surface area (Å²) < 4.78 is 2.96. The Balaban J connectivity index is 1.37. The lowest BCUT2D eigenvalue weighted by molar-refractivity contribution is -0.671.